The minimum atomic E-state index is -0.334. The van der Waals surface area contributed by atoms with Gasteiger partial charge in [-0.05, 0) is 24.7 Å². The van der Waals surface area contributed by atoms with Crippen molar-refractivity contribution in [3.63, 3.8) is 0 Å². The Bertz CT molecular complexity index is 500. The van der Waals surface area contributed by atoms with Crippen LogP contribution < -0.4 is 0 Å². The molecule has 0 saturated heterocycles. The van der Waals surface area contributed by atoms with Gasteiger partial charge in [0.05, 0.1) is 12.0 Å². The average molecular weight is 277 g/mol. The fraction of sp³-hybridized carbons (Fsp3) is 0.533. The first-order valence-electron chi connectivity index (χ1n) is 6.93. The SMILES string of the molecule is COC(=O)CC1CCCCC1c1ccccc1[N+](=O)[O-]. The van der Waals surface area contributed by atoms with Gasteiger partial charge in [0.15, 0.2) is 0 Å². The average Bonchev–Trinajstić information content (AvgIpc) is 2.47. The number of carbonyl (C=O) groups excluding carboxylic acids is 1. The topological polar surface area (TPSA) is 69.4 Å². The van der Waals surface area contributed by atoms with Crippen LogP contribution in [-0.2, 0) is 9.53 Å². The summed E-state index contributed by atoms with van der Waals surface area (Å²) in [5.41, 5.74) is 0.917. The lowest BCUT2D eigenvalue weighted by Gasteiger charge is -2.30. The summed E-state index contributed by atoms with van der Waals surface area (Å²) < 4.78 is 4.74. The first kappa shape index (κ1) is 14.5. The van der Waals surface area contributed by atoms with Crippen LogP contribution >= 0.6 is 0 Å². The van der Waals surface area contributed by atoms with Crippen LogP contribution in [0.25, 0.3) is 0 Å². The minimum Gasteiger partial charge on any atom is -0.469 e. The van der Waals surface area contributed by atoms with Crippen LogP contribution in [0.5, 0.6) is 0 Å². The molecule has 0 N–H and O–H groups in total. The molecule has 0 heterocycles. The van der Waals surface area contributed by atoms with E-state index in [1.807, 2.05) is 12.1 Å². The van der Waals surface area contributed by atoms with Gasteiger partial charge in [0.2, 0.25) is 0 Å². The third kappa shape index (κ3) is 3.15. The van der Waals surface area contributed by atoms with Crippen LogP contribution in [0.1, 0.15) is 43.6 Å². The number of benzene rings is 1. The van der Waals surface area contributed by atoms with Crippen LogP contribution in [0.2, 0.25) is 0 Å². The molecule has 0 aromatic heterocycles. The van der Waals surface area contributed by atoms with Crippen LogP contribution in [0.15, 0.2) is 24.3 Å². The zero-order valence-electron chi connectivity index (χ0n) is 11.6. The Morgan fingerprint density at radius 1 is 1.35 bits per heavy atom. The van der Waals surface area contributed by atoms with Crippen molar-refractivity contribution in [3.8, 4) is 0 Å². The summed E-state index contributed by atoms with van der Waals surface area (Å²) in [7, 11) is 1.38. The van der Waals surface area contributed by atoms with Gasteiger partial charge in [-0.3, -0.25) is 14.9 Å². The number of carbonyl (C=O) groups is 1. The molecule has 0 bridgehead atoms. The molecule has 5 nitrogen and oxygen atoms in total. The number of rotatable bonds is 4. The molecule has 1 aliphatic rings. The van der Waals surface area contributed by atoms with Crippen molar-refractivity contribution < 1.29 is 14.5 Å². The lowest BCUT2D eigenvalue weighted by atomic mass is 9.73. The number of nitro benzene ring substituents is 1. The third-order valence-corrected chi connectivity index (χ3v) is 4.10. The van der Waals surface area contributed by atoms with E-state index >= 15 is 0 Å². The van der Waals surface area contributed by atoms with Crippen LogP contribution in [0.3, 0.4) is 0 Å². The van der Waals surface area contributed by atoms with Crippen molar-refractivity contribution in [1.82, 2.24) is 0 Å². The number of methoxy groups -OCH3 is 1. The summed E-state index contributed by atoms with van der Waals surface area (Å²) in [6, 6.07) is 6.86. The Balaban J connectivity index is 2.28. The largest absolute Gasteiger partial charge is 0.469 e. The van der Waals surface area contributed by atoms with E-state index in [1.54, 1.807) is 12.1 Å². The molecule has 1 aliphatic carbocycles. The lowest BCUT2D eigenvalue weighted by Crippen LogP contribution is -2.22. The maximum atomic E-state index is 11.5. The molecule has 108 valence electrons. The second-order valence-corrected chi connectivity index (χ2v) is 5.25. The number of nitro groups is 1. The number of hydrogen-bond acceptors (Lipinski definition) is 4. The zero-order chi connectivity index (χ0) is 14.5. The Morgan fingerprint density at radius 3 is 2.75 bits per heavy atom. The molecule has 1 aromatic rings. The number of nitrogens with zero attached hydrogens (tertiary/aromatic N) is 1. The minimum absolute atomic E-state index is 0.0736. The standard InChI is InChI=1S/C15H19NO4/c1-20-15(17)10-11-6-2-3-7-12(11)13-8-4-5-9-14(13)16(18)19/h4-5,8-9,11-12H,2-3,6-7,10H2,1H3. The van der Waals surface area contributed by atoms with Crippen molar-refractivity contribution in [2.75, 3.05) is 7.11 Å². The van der Waals surface area contributed by atoms with Crippen molar-refractivity contribution in [2.45, 2.75) is 38.0 Å². The summed E-state index contributed by atoms with van der Waals surface area (Å²) in [5, 5.41) is 11.2. The molecule has 1 saturated carbocycles. The lowest BCUT2D eigenvalue weighted by molar-refractivity contribution is -0.385. The number of esters is 1. The van der Waals surface area contributed by atoms with E-state index in [9.17, 15) is 14.9 Å². The number of hydrogen-bond donors (Lipinski definition) is 0. The Kier molecular flexibility index (Phi) is 4.71. The highest BCUT2D eigenvalue weighted by Crippen LogP contribution is 2.42. The molecule has 5 heteroatoms. The van der Waals surface area contributed by atoms with Gasteiger partial charge in [-0.25, -0.2) is 0 Å². The smallest absolute Gasteiger partial charge is 0.305 e. The molecule has 2 rings (SSSR count). The highest BCUT2D eigenvalue weighted by molar-refractivity contribution is 5.69. The highest BCUT2D eigenvalue weighted by atomic mass is 16.6. The predicted molar refractivity (Wildman–Crippen MR) is 74.4 cm³/mol. The maximum Gasteiger partial charge on any atom is 0.305 e. The molecule has 0 spiro atoms. The van der Waals surface area contributed by atoms with Gasteiger partial charge in [0.25, 0.3) is 5.69 Å². The van der Waals surface area contributed by atoms with E-state index in [0.717, 1.165) is 31.2 Å². The molecular formula is C15H19NO4. The summed E-state index contributed by atoms with van der Waals surface area (Å²) in [5.74, 6) is -0.0257. The summed E-state index contributed by atoms with van der Waals surface area (Å²) in [4.78, 5) is 22.3. The van der Waals surface area contributed by atoms with E-state index in [-0.39, 0.29) is 28.4 Å². The quantitative estimate of drug-likeness (QED) is 0.480. The van der Waals surface area contributed by atoms with Gasteiger partial charge in [0, 0.05) is 18.1 Å². The number of ether oxygens (including phenoxy) is 1. The molecule has 0 amide bonds. The van der Waals surface area contributed by atoms with Gasteiger partial charge in [-0.15, -0.1) is 0 Å². The molecule has 20 heavy (non-hydrogen) atoms. The van der Waals surface area contributed by atoms with E-state index in [0.29, 0.717) is 6.42 Å². The Morgan fingerprint density at radius 2 is 2.05 bits per heavy atom. The summed E-state index contributed by atoms with van der Waals surface area (Å²) in [6.07, 6.45) is 4.28. The molecule has 0 radical (unpaired) electrons. The second kappa shape index (κ2) is 6.50. The van der Waals surface area contributed by atoms with Crippen LogP contribution in [0.4, 0.5) is 5.69 Å². The monoisotopic (exact) mass is 277 g/mol. The molecule has 1 aromatic carbocycles. The zero-order valence-corrected chi connectivity index (χ0v) is 11.6. The first-order chi connectivity index (χ1) is 9.63. The predicted octanol–water partition coefficient (Wildman–Crippen LogP) is 3.43. The Labute approximate surface area is 118 Å². The normalized spacial score (nSPS) is 22.2. The summed E-state index contributed by atoms with van der Waals surface area (Å²) >= 11 is 0. The van der Waals surface area contributed by atoms with Gasteiger partial charge < -0.3 is 4.74 Å². The molecule has 1 fully saturated rings. The molecular weight excluding hydrogens is 258 g/mol. The van der Waals surface area contributed by atoms with Crippen LogP contribution in [-0.4, -0.2) is 18.0 Å². The van der Waals surface area contributed by atoms with Gasteiger partial charge in [-0.2, -0.15) is 0 Å². The highest BCUT2D eigenvalue weighted by Gasteiger charge is 2.32. The fourth-order valence-electron chi connectivity index (χ4n) is 3.13. The van der Waals surface area contributed by atoms with Gasteiger partial charge >= 0.3 is 5.97 Å². The second-order valence-electron chi connectivity index (χ2n) is 5.25. The fourth-order valence-corrected chi connectivity index (χ4v) is 3.13. The summed E-state index contributed by atoms with van der Waals surface area (Å²) in [6.45, 7) is 0. The molecule has 2 unspecified atom stereocenters. The van der Waals surface area contributed by atoms with E-state index < -0.39 is 0 Å². The van der Waals surface area contributed by atoms with Gasteiger partial charge in [-0.1, -0.05) is 31.0 Å². The van der Waals surface area contributed by atoms with Crippen LogP contribution in [0, 0.1) is 16.0 Å². The van der Waals surface area contributed by atoms with E-state index in [2.05, 4.69) is 0 Å². The molecule has 2 atom stereocenters. The van der Waals surface area contributed by atoms with Gasteiger partial charge in [0.1, 0.15) is 0 Å². The molecule has 0 aliphatic heterocycles. The first-order valence-corrected chi connectivity index (χ1v) is 6.93. The van der Waals surface area contributed by atoms with E-state index in [4.69, 9.17) is 4.74 Å². The number of para-hydroxylation sites is 1. The van der Waals surface area contributed by atoms with Crippen molar-refractivity contribution in [1.29, 1.82) is 0 Å². The maximum absolute atomic E-state index is 11.5. The van der Waals surface area contributed by atoms with Crippen molar-refractivity contribution >= 4 is 11.7 Å². The van der Waals surface area contributed by atoms with Crippen molar-refractivity contribution in [2.24, 2.45) is 5.92 Å². The van der Waals surface area contributed by atoms with Crippen molar-refractivity contribution in [3.05, 3.63) is 39.9 Å². The Hall–Kier alpha value is -1.91. The van der Waals surface area contributed by atoms with E-state index in [1.165, 1.54) is 7.11 Å². The third-order valence-electron chi connectivity index (χ3n) is 4.10.